The fourth-order valence-corrected chi connectivity index (χ4v) is 1.87. The van der Waals surface area contributed by atoms with Gasteiger partial charge in [-0.2, -0.15) is 0 Å². The second kappa shape index (κ2) is 5.97. The van der Waals surface area contributed by atoms with E-state index in [1.807, 2.05) is 25.1 Å². The van der Waals surface area contributed by atoms with Gasteiger partial charge in [0.2, 0.25) is 0 Å². The molecular weight excluding hydrogens is 240 g/mol. The quantitative estimate of drug-likeness (QED) is 0.737. The maximum absolute atomic E-state index is 11.3. The van der Waals surface area contributed by atoms with Gasteiger partial charge < -0.3 is 0 Å². The van der Waals surface area contributed by atoms with Gasteiger partial charge in [0.1, 0.15) is 5.78 Å². The van der Waals surface area contributed by atoms with Crippen molar-refractivity contribution in [2.45, 2.75) is 31.0 Å². The summed E-state index contributed by atoms with van der Waals surface area (Å²) in [5.74, 6) is 0.293. The minimum absolute atomic E-state index is 0.0210. The van der Waals surface area contributed by atoms with Gasteiger partial charge in [-0.25, -0.2) is 0 Å². The Morgan fingerprint density at radius 3 is 2.57 bits per heavy atom. The normalized spacial score (nSPS) is 12.4. The first-order chi connectivity index (χ1) is 6.74. The molecule has 0 amide bonds. The van der Waals surface area contributed by atoms with Crippen LogP contribution in [-0.2, 0) is 11.2 Å². The first kappa shape index (κ1) is 11.4. The molecule has 0 fully saturated rings. The van der Waals surface area contributed by atoms with E-state index < -0.39 is 0 Å². The molecule has 0 aliphatic rings. The first-order valence-corrected chi connectivity index (χ1v) is 5.86. The number of ketones is 1. The van der Waals surface area contributed by atoms with Crippen molar-refractivity contribution in [2.75, 3.05) is 0 Å². The van der Waals surface area contributed by atoms with E-state index in [0.717, 1.165) is 12.8 Å². The molecule has 1 rings (SSSR count). The number of rotatable bonds is 5. The number of halogens is 1. The smallest absolute Gasteiger partial charge is 0.146 e. The van der Waals surface area contributed by atoms with Crippen molar-refractivity contribution < 1.29 is 4.79 Å². The zero-order chi connectivity index (χ0) is 10.4. The number of benzene rings is 1. The monoisotopic (exact) mass is 254 g/mol. The molecule has 1 unspecified atom stereocenters. The number of hydrogen-bond acceptors (Lipinski definition) is 1. The van der Waals surface area contributed by atoms with Crippen molar-refractivity contribution in [1.29, 1.82) is 0 Å². The third kappa shape index (κ3) is 3.62. The number of hydrogen-bond donors (Lipinski definition) is 0. The molecule has 0 heterocycles. The van der Waals surface area contributed by atoms with Crippen molar-refractivity contribution in [3.63, 3.8) is 0 Å². The maximum atomic E-state index is 11.3. The van der Waals surface area contributed by atoms with Gasteiger partial charge in [0, 0.05) is 6.42 Å². The minimum atomic E-state index is 0.0210. The molecule has 0 saturated heterocycles. The minimum Gasteiger partial charge on any atom is -0.298 e. The number of carbonyl (C=O) groups excluding carboxylic acids is 1. The summed E-state index contributed by atoms with van der Waals surface area (Å²) >= 11 is 3.41. The summed E-state index contributed by atoms with van der Waals surface area (Å²) in [4.78, 5) is 11.3. The third-order valence-corrected chi connectivity index (χ3v) is 3.20. The van der Waals surface area contributed by atoms with E-state index in [1.165, 1.54) is 5.56 Å². The van der Waals surface area contributed by atoms with Crippen LogP contribution >= 0.6 is 15.9 Å². The lowest BCUT2D eigenvalue weighted by Gasteiger charge is -2.06. The highest BCUT2D eigenvalue weighted by atomic mass is 79.9. The van der Waals surface area contributed by atoms with Crippen LogP contribution in [0.3, 0.4) is 0 Å². The molecule has 0 aliphatic heterocycles. The van der Waals surface area contributed by atoms with Crippen LogP contribution in [0.4, 0.5) is 0 Å². The lowest BCUT2D eigenvalue weighted by atomic mass is 10.1. The first-order valence-electron chi connectivity index (χ1n) is 4.94. The third-order valence-electron chi connectivity index (χ3n) is 2.23. The van der Waals surface area contributed by atoms with Crippen LogP contribution in [0.15, 0.2) is 30.3 Å². The van der Waals surface area contributed by atoms with Crippen molar-refractivity contribution >= 4 is 21.7 Å². The van der Waals surface area contributed by atoms with Crippen LogP contribution in [0, 0.1) is 0 Å². The van der Waals surface area contributed by atoms with Crippen LogP contribution in [0.1, 0.15) is 25.3 Å². The lowest BCUT2D eigenvalue weighted by molar-refractivity contribution is -0.118. The van der Waals surface area contributed by atoms with Gasteiger partial charge in [-0.1, -0.05) is 53.2 Å². The Hall–Kier alpha value is -0.630. The number of carbonyl (C=O) groups is 1. The standard InChI is InChI=1S/C12H15BrO/c1-2-12(14)11(13)9-8-10-6-4-3-5-7-10/h3-7,11H,2,8-9H2,1H3. The van der Waals surface area contributed by atoms with Gasteiger partial charge in [0.15, 0.2) is 0 Å². The maximum Gasteiger partial charge on any atom is 0.146 e. The highest BCUT2D eigenvalue weighted by molar-refractivity contribution is 9.10. The van der Waals surface area contributed by atoms with E-state index in [4.69, 9.17) is 0 Å². The zero-order valence-electron chi connectivity index (χ0n) is 8.37. The Morgan fingerprint density at radius 1 is 1.36 bits per heavy atom. The number of Topliss-reactive ketones (excluding diaryl/α,β-unsaturated/α-hetero) is 1. The lowest BCUT2D eigenvalue weighted by Crippen LogP contribution is -2.13. The summed E-state index contributed by atoms with van der Waals surface area (Å²) in [6.45, 7) is 1.90. The van der Waals surface area contributed by atoms with E-state index in [9.17, 15) is 4.79 Å². The van der Waals surface area contributed by atoms with E-state index in [0.29, 0.717) is 12.2 Å². The molecule has 76 valence electrons. The fourth-order valence-electron chi connectivity index (χ4n) is 1.32. The van der Waals surface area contributed by atoms with Crippen molar-refractivity contribution in [3.05, 3.63) is 35.9 Å². The SMILES string of the molecule is CCC(=O)C(Br)CCc1ccccc1. The second-order valence-corrected chi connectivity index (χ2v) is 4.42. The molecule has 1 nitrogen and oxygen atoms in total. The number of aryl methyl sites for hydroxylation is 1. The van der Waals surface area contributed by atoms with Crippen LogP contribution in [-0.4, -0.2) is 10.6 Å². The van der Waals surface area contributed by atoms with Crippen LogP contribution in [0.25, 0.3) is 0 Å². The molecule has 0 bridgehead atoms. The Kier molecular flexibility index (Phi) is 4.88. The topological polar surface area (TPSA) is 17.1 Å². The average molecular weight is 255 g/mol. The Morgan fingerprint density at radius 2 is 2.00 bits per heavy atom. The summed E-state index contributed by atoms with van der Waals surface area (Å²) in [7, 11) is 0. The summed E-state index contributed by atoms with van der Waals surface area (Å²) < 4.78 is 0. The van der Waals surface area contributed by atoms with Gasteiger partial charge in [-0.3, -0.25) is 4.79 Å². The summed E-state index contributed by atoms with van der Waals surface area (Å²) in [6, 6.07) is 10.2. The van der Waals surface area contributed by atoms with Gasteiger partial charge in [0.25, 0.3) is 0 Å². The Labute approximate surface area is 93.7 Å². The summed E-state index contributed by atoms with van der Waals surface area (Å²) in [6.07, 6.45) is 2.46. The molecule has 0 N–H and O–H groups in total. The molecule has 0 saturated carbocycles. The second-order valence-electron chi connectivity index (χ2n) is 3.31. The number of alkyl halides is 1. The molecule has 0 aliphatic carbocycles. The summed E-state index contributed by atoms with van der Waals surface area (Å²) in [5.41, 5.74) is 1.29. The van der Waals surface area contributed by atoms with E-state index in [1.54, 1.807) is 0 Å². The van der Waals surface area contributed by atoms with Crippen molar-refractivity contribution in [3.8, 4) is 0 Å². The van der Waals surface area contributed by atoms with Crippen molar-refractivity contribution in [1.82, 2.24) is 0 Å². The van der Waals surface area contributed by atoms with E-state index in [-0.39, 0.29) is 4.83 Å². The Balaban J connectivity index is 2.38. The van der Waals surface area contributed by atoms with Crippen LogP contribution in [0.2, 0.25) is 0 Å². The fraction of sp³-hybridized carbons (Fsp3) is 0.417. The summed E-state index contributed by atoms with van der Waals surface area (Å²) in [5, 5.41) is 0. The molecule has 0 radical (unpaired) electrons. The molecular formula is C12H15BrO. The van der Waals surface area contributed by atoms with E-state index in [2.05, 4.69) is 28.1 Å². The molecule has 1 aromatic carbocycles. The molecule has 2 heteroatoms. The largest absolute Gasteiger partial charge is 0.298 e. The Bertz CT molecular complexity index is 282. The predicted octanol–water partition coefficient (Wildman–Crippen LogP) is 3.36. The van der Waals surface area contributed by atoms with Gasteiger partial charge in [-0.15, -0.1) is 0 Å². The zero-order valence-corrected chi connectivity index (χ0v) is 9.96. The molecule has 14 heavy (non-hydrogen) atoms. The highest BCUT2D eigenvalue weighted by Crippen LogP contribution is 2.13. The predicted molar refractivity (Wildman–Crippen MR) is 62.8 cm³/mol. The molecule has 1 atom stereocenters. The van der Waals surface area contributed by atoms with Crippen molar-refractivity contribution in [2.24, 2.45) is 0 Å². The highest BCUT2D eigenvalue weighted by Gasteiger charge is 2.11. The van der Waals surface area contributed by atoms with Crippen LogP contribution in [0.5, 0.6) is 0 Å². The molecule has 0 spiro atoms. The van der Waals surface area contributed by atoms with Gasteiger partial charge in [0.05, 0.1) is 4.83 Å². The van der Waals surface area contributed by atoms with E-state index >= 15 is 0 Å². The molecule has 1 aromatic rings. The van der Waals surface area contributed by atoms with Crippen LogP contribution < -0.4 is 0 Å². The van der Waals surface area contributed by atoms with Gasteiger partial charge >= 0.3 is 0 Å². The molecule has 0 aromatic heterocycles. The van der Waals surface area contributed by atoms with Gasteiger partial charge in [-0.05, 0) is 18.4 Å². The average Bonchev–Trinajstić information content (AvgIpc) is 2.26.